The van der Waals surface area contributed by atoms with E-state index < -0.39 is 10.0 Å². The van der Waals surface area contributed by atoms with E-state index in [9.17, 15) is 8.42 Å². The Hall–Kier alpha value is -0.980. The monoisotopic (exact) mass is 283 g/mol. The summed E-state index contributed by atoms with van der Waals surface area (Å²) >= 11 is 0. The van der Waals surface area contributed by atoms with Gasteiger partial charge < -0.3 is 5.32 Å². The number of sulfonamides is 1. The smallest absolute Gasteiger partial charge is 0.214 e. The van der Waals surface area contributed by atoms with Crippen LogP contribution in [0.3, 0.4) is 0 Å². The quantitative estimate of drug-likeness (QED) is 0.723. The minimum atomic E-state index is -3.16. The van der Waals surface area contributed by atoms with Crippen LogP contribution < -0.4 is 5.32 Å². The Labute approximate surface area is 115 Å². The lowest BCUT2D eigenvalue weighted by Gasteiger charge is -2.17. The van der Waals surface area contributed by atoms with Crippen LogP contribution in [-0.4, -0.2) is 43.1 Å². The Bertz CT molecular complexity index is 486. The summed E-state index contributed by atoms with van der Waals surface area (Å²) in [6.45, 7) is 1.19. The molecule has 0 amide bonds. The fraction of sp³-hybridized carbons (Fsp3) is 0.615. The molecular weight excluding hydrogens is 262 g/mol. The van der Waals surface area contributed by atoms with Gasteiger partial charge in [-0.25, -0.2) is 12.7 Å². The van der Waals surface area contributed by atoms with E-state index in [1.807, 2.05) is 12.1 Å². The summed E-state index contributed by atoms with van der Waals surface area (Å²) in [6, 6.07) is 4.30. The number of rotatable bonds is 8. The molecule has 0 spiro atoms. The molecule has 1 aliphatic carbocycles. The minimum Gasteiger partial charge on any atom is -0.314 e. The van der Waals surface area contributed by atoms with Crippen molar-refractivity contribution >= 4 is 10.0 Å². The summed E-state index contributed by atoms with van der Waals surface area (Å²) in [7, 11) is -1.53. The van der Waals surface area contributed by atoms with Gasteiger partial charge in [-0.15, -0.1) is 0 Å². The Kier molecular flexibility index (Phi) is 4.90. The molecule has 1 N–H and O–H groups in total. The summed E-state index contributed by atoms with van der Waals surface area (Å²) in [6.07, 6.45) is 6.48. The van der Waals surface area contributed by atoms with Crippen LogP contribution in [0.5, 0.6) is 0 Å². The molecule has 5 nitrogen and oxygen atoms in total. The summed E-state index contributed by atoms with van der Waals surface area (Å²) in [5.74, 6) is 0.203. The van der Waals surface area contributed by atoms with E-state index in [4.69, 9.17) is 0 Å². The van der Waals surface area contributed by atoms with Crippen molar-refractivity contribution in [3.05, 3.63) is 30.1 Å². The molecule has 1 aromatic rings. The van der Waals surface area contributed by atoms with Crippen LogP contribution in [0.4, 0.5) is 0 Å². The minimum absolute atomic E-state index is 0.203. The Morgan fingerprint density at radius 1 is 1.37 bits per heavy atom. The van der Waals surface area contributed by atoms with Crippen LogP contribution in [0.15, 0.2) is 24.5 Å². The zero-order valence-electron chi connectivity index (χ0n) is 11.2. The molecule has 2 rings (SSSR count). The van der Waals surface area contributed by atoms with Crippen molar-refractivity contribution in [2.45, 2.75) is 31.8 Å². The van der Waals surface area contributed by atoms with Gasteiger partial charge in [0, 0.05) is 32.0 Å². The number of nitrogens with zero attached hydrogens (tertiary/aromatic N) is 2. The number of pyridine rings is 1. The van der Waals surface area contributed by atoms with E-state index in [2.05, 4.69) is 10.3 Å². The van der Waals surface area contributed by atoms with Crippen molar-refractivity contribution in [2.24, 2.45) is 0 Å². The first-order chi connectivity index (χ1) is 9.08. The average Bonchev–Trinajstić information content (AvgIpc) is 3.20. The Morgan fingerprint density at radius 3 is 2.68 bits per heavy atom. The van der Waals surface area contributed by atoms with E-state index in [1.54, 1.807) is 19.4 Å². The fourth-order valence-electron chi connectivity index (χ4n) is 1.85. The normalized spacial score (nSPS) is 15.9. The van der Waals surface area contributed by atoms with Crippen molar-refractivity contribution in [3.8, 4) is 0 Å². The third-order valence-corrected chi connectivity index (χ3v) is 5.10. The fourth-order valence-corrected chi connectivity index (χ4v) is 3.01. The average molecular weight is 283 g/mol. The second-order valence-electron chi connectivity index (χ2n) is 5.01. The molecule has 0 unspecified atom stereocenters. The third-order valence-electron chi connectivity index (χ3n) is 3.22. The highest BCUT2D eigenvalue weighted by Crippen LogP contribution is 2.18. The van der Waals surface area contributed by atoms with Crippen molar-refractivity contribution in [1.82, 2.24) is 14.6 Å². The number of aromatic nitrogens is 1. The van der Waals surface area contributed by atoms with Gasteiger partial charge in [-0.2, -0.15) is 0 Å². The highest BCUT2D eigenvalue weighted by molar-refractivity contribution is 7.89. The highest BCUT2D eigenvalue weighted by Gasteiger charge is 2.21. The topological polar surface area (TPSA) is 62.3 Å². The molecule has 0 bridgehead atoms. The summed E-state index contributed by atoms with van der Waals surface area (Å²) in [5.41, 5.74) is 0.956. The third kappa shape index (κ3) is 4.89. The lowest BCUT2D eigenvalue weighted by Crippen LogP contribution is -2.30. The lowest BCUT2D eigenvalue weighted by molar-refractivity contribution is 0.464. The van der Waals surface area contributed by atoms with Gasteiger partial charge in [-0.05, 0) is 43.5 Å². The number of hydrogen-bond acceptors (Lipinski definition) is 4. The summed E-state index contributed by atoms with van der Waals surface area (Å²) in [5, 5.41) is 3.33. The number of hydrogen-bond donors (Lipinski definition) is 1. The molecule has 1 fully saturated rings. The standard InChI is InChI=1S/C13H21N3O2S/c1-16(11-12-5-8-14-9-6-12)19(17,18)10-2-7-15-13-3-4-13/h5-6,8-9,13,15H,2-4,7,10-11H2,1H3. The van der Waals surface area contributed by atoms with Gasteiger partial charge in [0.05, 0.1) is 5.75 Å². The van der Waals surface area contributed by atoms with E-state index in [0.29, 0.717) is 19.0 Å². The first-order valence-electron chi connectivity index (χ1n) is 6.64. The molecule has 0 atom stereocenters. The van der Waals surface area contributed by atoms with Crippen molar-refractivity contribution in [1.29, 1.82) is 0 Å². The second-order valence-corrected chi connectivity index (χ2v) is 7.20. The van der Waals surface area contributed by atoms with Gasteiger partial charge in [-0.3, -0.25) is 4.98 Å². The van der Waals surface area contributed by atoms with Crippen molar-refractivity contribution in [2.75, 3.05) is 19.3 Å². The molecule has 1 saturated carbocycles. The molecule has 1 aliphatic rings. The molecule has 19 heavy (non-hydrogen) atoms. The molecular formula is C13H21N3O2S. The summed E-state index contributed by atoms with van der Waals surface area (Å²) in [4.78, 5) is 3.92. The molecule has 0 radical (unpaired) electrons. The maximum atomic E-state index is 12.1. The van der Waals surface area contributed by atoms with Gasteiger partial charge in [0.1, 0.15) is 0 Å². The molecule has 1 heterocycles. The zero-order valence-corrected chi connectivity index (χ0v) is 12.1. The van der Waals surface area contributed by atoms with Gasteiger partial charge in [0.15, 0.2) is 0 Å². The highest BCUT2D eigenvalue weighted by atomic mass is 32.2. The van der Waals surface area contributed by atoms with Crippen molar-refractivity contribution < 1.29 is 8.42 Å². The maximum absolute atomic E-state index is 12.1. The molecule has 0 aromatic carbocycles. The molecule has 0 saturated heterocycles. The van der Waals surface area contributed by atoms with Crippen molar-refractivity contribution in [3.63, 3.8) is 0 Å². The Morgan fingerprint density at radius 2 is 2.05 bits per heavy atom. The van der Waals surface area contributed by atoms with E-state index in [-0.39, 0.29) is 5.75 Å². The largest absolute Gasteiger partial charge is 0.314 e. The summed E-state index contributed by atoms with van der Waals surface area (Å²) < 4.78 is 25.6. The van der Waals surface area contributed by atoms with E-state index >= 15 is 0 Å². The van der Waals surface area contributed by atoms with Crippen LogP contribution in [0.2, 0.25) is 0 Å². The predicted molar refractivity (Wildman–Crippen MR) is 75.1 cm³/mol. The van der Waals surface area contributed by atoms with Crippen LogP contribution in [-0.2, 0) is 16.6 Å². The second kappa shape index (κ2) is 6.45. The molecule has 0 aliphatic heterocycles. The number of nitrogens with one attached hydrogen (secondary N) is 1. The van der Waals surface area contributed by atoms with Crippen LogP contribution in [0.1, 0.15) is 24.8 Å². The maximum Gasteiger partial charge on any atom is 0.214 e. The predicted octanol–water partition coefficient (Wildman–Crippen LogP) is 0.985. The molecule has 106 valence electrons. The van der Waals surface area contributed by atoms with Crippen LogP contribution in [0, 0.1) is 0 Å². The van der Waals surface area contributed by atoms with Gasteiger partial charge in [0.2, 0.25) is 10.0 Å². The first-order valence-corrected chi connectivity index (χ1v) is 8.25. The lowest BCUT2D eigenvalue weighted by atomic mass is 10.3. The Balaban J connectivity index is 1.77. The SMILES string of the molecule is CN(Cc1ccncc1)S(=O)(=O)CCCNC1CC1. The molecule has 6 heteroatoms. The first kappa shape index (κ1) is 14.4. The van der Waals surface area contributed by atoms with Gasteiger partial charge in [-0.1, -0.05) is 0 Å². The van der Waals surface area contributed by atoms with Crippen LogP contribution >= 0.6 is 0 Å². The van der Waals surface area contributed by atoms with E-state index in [0.717, 1.165) is 12.1 Å². The van der Waals surface area contributed by atoms with Gasteiger partial charge >= 0.3 is 0 Å². The van der Waals surface area contributed by atoms with Gasteiger partial charge in [0.25, 0.3) is 0 Å². The van der Waals surface area contributed by atoms with Crippen LogP contribution in [0.25, 0.3) is 0 Å². The molecule has 1 aromatic heterocycles. The zero-order chi connectivity index (χ0) is 13.7. The van der Waals surface area contributed by atoms with E-state index in [1.165, 1.54) is 17.1 Å².